The lowest BCUT2D eigenvalue weighted by Crippen LogP contribution is -2.08. The summed E-state index contributed by atoms with van der Waals surface area (Å²) in [6, 6.07) is 5.63. The third kappa shape index (κ3) is 2.99. The van der Waals surface area contributed by atoms with E-state index in [0.29, 0.717) is 5.56 Å². The van der Waals surface area contributed by atoms with E-state index in [1.807, 2.05) is 38.5 Å². The summed E-state index contributed by atoms with van der Waals surface area (Å²) >= 11 is 0. The fourth-order valence-corrected chi connectivity index (χ4v) is 2.05. The molecule has 0 aliphatic heterocycles. The van der Waals surface area contributed by atoms with Crippen LogP contribution >= 0.6 is 0 Å². The molecule has 0 fully saturated rings. The first kappa shape index (κ1) is 14.1. The molecular weight excluding hydrogens is 254 g/mol. The number of rotatable bonds is 4. The Bertz CT molecular complexity index is 619. The summed E-state index contributed by atoms with van der Waals surface area (Å²) in [4.78, 5) is 11.5. The molecule has 20 heavy (non-hydrogen) atoms. The van der Waals surface area contributed by atoms with Crippen molar-refractivity contribution in [1.82, 2.24) is 9.78 Å². The second kappa shape index (κ2) is 5.77. The van der Waals surface area contributed by atoms with Gasteiger partial charge in [0.15, 0.2) is 0 Å². The maximum Gasteiger partial charge on any atom is 0.337 e. The molecule has 1 atom stereocenters. The number of benzene rings is 1. The van der Waals surface area contributed by atoms with Gasteiger partial charge in [0.1, 0.15) is 0 Å². The van der Waals surface area contributed by atoms with Crippen molar-refractivity contribution in [2.75, 3.05) is 12.4 Å². The number of ether oxygens (including phenoxy) is 1. The summed E-state index contributed by atoms with van der Waals surface area (Å²) in [7, 11) is 3.28. The van der Waals surface area contributed by atoms with E-state index < -0.39 is 0 Å². The normalized spacial score (nSPS) is 12.0. The summed E-state index contributed by atoms with van der Waals surface area (Å²) in [6.45, 7) is 4.04. The van der Waals surface area contributed by atoms with E-state index in [0.717, 1.165) is 16.8 Å². The van der Waals surface area contributed by atoms with Gasteiger partial charge in [0, 0.05) is 24.5 Å². The molecule has 1 aromatic carbocycles. The van der Waals surface area contributed by atoms with E-state index in [-0.39, 0.29) is 12.0 Å². The number of carbonyl (C=O) groups excluding carboxylic acids is 1. The van der Waals surface area contributed by atoms with Crippen molar-refractivity contribution >= 4 is 11.7 Å². The number of methoxy groups -OCH3 is 1. The maximum absolute atomic E-state index is 11.5. The second-order valence-corrected chi connectivity index (χ2v) is 4.83. The first-order valence-electron chi connectivity index (χ1n) is 6.45. The van der Waals surface area contributed by atoms with Crippen LogP contribution in [0.15, 0.2) is 30.6 Å². The highest BCUT2D eigenvalue weighted by Gasteiger charge is 2.11. The zero-order chi connectivity index (χ0) is 14.7. The van der Waals surface area contributed by atoms with Gasteiger partial charge in [0.05, 0.1) is 24.9 Å². The summed E-state index contributed by atoms with van der Waals surface area (Å²) in [6.07, 6.45) is 3.83. The Balaban J connectivity index is 2.15. The van der Waals surface area contributed by atoms with Crippen molar-refractivity contribution in [3.05, 3.63) is 47.3 Å². The Morgan fingerprint density at radius 1 is 1.45 bits per heavy atom. The first-order chi connectivity index (χ1) is 9.51. The molecule has 106 valence electrons. The van der Waals surface area contributed by atoms with Crippen molar-refractivity contribution in [3.8, 4) is 0 Å². The van der Waals surface area contributed by atoms with Crippen LogP contribution < -0.4 is 5.32 Å². The number of aromatic nitrogens is 2. The SMILES string of the molecule is COC(=O)c1ccc(NC(C)c2cnn(C)c2)c(C)c1. The monoisotopic (exact) mass is 273 g/mol. The van der Waals surface area contributed by atoms with Crippen LogP contribution in [0.5, 0.6) is 0 Å². The van der Waals surface area contributed by atoms with Crippen LogP contribution in [0, 0.1) is 6.92 Å². The molecule has 1 aromatic heterocycles. The van der Waals surface area contributed by atoms with Crippen molar-refractivity contribution < 1.29 is 9.53 Å². The van der Waals surface area contributed by atoms with Crippen LogP contribution in [0.2, 0.25) is 0 Å². The van der Waals surface area contributed by atoms with Gasteiger partial charge in [-0.1, -0.05) is 0 Å². The van der Waals surface area contributed by atoms with E-state index in [1.54, 1.807) is 10.7 Å². The van der Waals surface area contributed by atoms with Gasteiger partial charge in [-0.05, 0) is 37.6 Å². The number of anilines is 1. The van der Waals surface area contributed by atoms with E-state index in [2.05, 4.69) is 17.3 Å². The van der Waals surface area contributed by atoms with E-state index in [4.69, 9.17) is 4.74 Å². The van der Waals surface area contributed by atoms with Crippen molar-refractivity contribution in [2.45, 2.75) is 19.9 Å². The molecular formula is C15H19N3O2. The Kier molecular flexibility index (Phi) is 4.08. The van der Waals surface area contributed by atoms with Crippen molar-refractivity contribution in [1.29, 1.82) is 0 Å². The lowest BCUT2D eigenvalue weighted by Gasteiger charge is -2.16. The fraction of sp³-hybridized carbons (Fsp3) is 0.333. The molecule has 0 bridgehead atoms. The molecule has 5 nitrogen and oxygen atoms in total. The molecule has 0 amide bonds. The largest absolute Gasteiger partial charge is 0.465 e. The fourth-order valence-electron chi connectivity index (χ4n) is 2.05. The number of hydrogen-bond acceptors (Lipinski definition) is 4. The minimum atomic E-state index is -0.319. The minimum absolute atomic E-state index is 0.145. The zero-order valence-electron chi connectivity index (χ0n) is 12.2. The van der Waals surface area contributed by atoms with Gasteiger partial charge < -0.3 is 10.1 Å². The molecule has 1 N–H and O–H groups in total. The lowest BCUT2D eigenvalue weighted by atomic mass is 10.1. The predicted octanol–water partition coefficient (Wildman–Crippen LogP) is 2.69. The van der Waals surface area contributed by atoms with Gasteiger partial charge in [-0.2, -0.15) is 5.10 Å². The molecule has 2 rings (SSSR count). The van der Waals surface area contributed by atoms with E-state index in [1.165, 1.54) is 7.11 Å². The van der Waals surface area contributed by atoms with Gasteiger partial charge in [-0.25, -0.2) is 4.79 Å². The highest BCUT2D eigenvalue weighted by Crippen LogP contribution is 2.23. The molecule has 0 aliphatic rings. The van der Waals surface area contributed by atoms with E-state index >= 15 is 0 Å². The van der Waals surface area contributed by atoms with Gasteiger partial charge in [-0.3, -0.25) is 4.68 Å². The predicted molar refractivity (Wildman–Crippen MR) is 77.8 cm³/mol. The summed E-state index contributed by atoms with van der Waals surface area (Å²) in [5.41, 5.74) is 3.67. The minimum Gasteiger partial charge on any atom is -0.465 e. The van der Waals surface area contributed by atoms with Crippen LogP contribution in [-0.2, 0) is 11.8 Å². The number of nitrogens with zero attached hydrogens (tertiary/aromatic N) is 2. The Morgan fingerprint density at radius 2 is 2.20 bits per heavy atom. The van der Waals surface area contributed by atoms with Crippen LogP contribution in [0.4, 0.5) is 5.69 Å². The second-order valence-electron chi connectivity index (χ2n) is 4.83. The highest BCUT2D eigenvalue weighted by molar-refractivity contribution is 5.90. The van der Waals surface area contributed by atoms with Gasteiger partial charge in [0.25, 0.3) is 0 Å². The van der Waals surface area contributed by atoms with Crippen LogP contribution in [0.1, 0.15) is 34.5 Å². The van der Waals surface area contributed by atoms with Gasteiger partial charge >= 0.3 is 5.97 Å². The molecule has 2 aromatic rings. The molecule has 1 heterocycles. The quantitative estimate of drug-likeness (QED) is 0.870. The lowest BCUT2D eigenvalue weighted by molar-refractivity contribution is 0.0600. The molecule has 0 saturated heterocycles. The van der Waals surface area contributed by atoms with Crippen molar-refractivity contribution in [2.24, 2.45) is 7.05 Å². The van der Waals surface area contributed by atoms with Crippen molar-refractivity contribution in [3.63, 3.8) is 0 Å². The highest BCUT2D eigenvalue weighted by atomic mass is 16.5. The number of hydrogen-bond donors (Lipinski definition) is 1. The maximum atomic E-state index is 11.5. The van der Waals surface area contributed by atoms with Crippen LogP contribution in [-0.4, -0.2) is 22.9 Å². The number of aryl methyl sites for hydroxylation is 2. The third-order valence-corrected chi connectivity index (χ3v) is 3.24. The Hall–Kier alpha value is -2.30. The average Bonchev–Trinajstić information content (AvgIpc) is 2.86. The zero-order valence-corrected chi connectivity index (χ0v) is 12.2. The average molecular weight is 273 g/mol. The van der Waals surface area contributed by atoms with Gasteiger partial charge in [0.2, 0.25) is 0 Å². The summed E-state index contributed by atoms with van der Waals surface area (Å²) in [5.74, 6) is -0.319. The molecule has 0 radical (unpaired) electrons. The summed E-state index contributed by atoms with van der Waals surface area (Å²) in [5, 5.41) is 7.58. The first-order valence-corrected chi connectivity index (χ1v) is 6.45. The standard InChI is InChI=1S/C15H19N3O2/c1-10-7-12(15(19)20-4)5-6-14(10)17-11(2)13-8-16-18(3)9-13/h5-9,11,17H,1-4H3. The van der Waals surface area contributed by atoms with Gasteiger partial charge in [-0.15, -0.1) is 0 Å². The smallest absolute Gasteiger partial charge is 0.337 e. The number of carbonyl (C=O) groups is 1. The van der Waals surface area contributed by atoms with Crippen LogP contribution in [0.25, 0.3) is 0 Å². The third-order valence-electron chi connectivity index (χ3n) is 3.24. The molecule has 1 unspecified atom stereocenters. The molecule has 0 aliphatic carbocycles. The van der Waals surface area contributed by atoms with E-state index in [9.17, 15) is 4.79 Å². The molecule has 0 spiro atoms. The number of esters is 1. The number of nitrogens with one attached hydrogen (secondary N) is 1. The molecule has 0 saturated carbocycles. The van der Waals surface area contributed by atoms with Crippen LogP contribution in [0.3, 0.4) is 0 Å². The topological polar surface area (TPSA) is 56.1 Å². The Labute approximate surface area is 118 Å². The molecule has 5 heteroatoms. The Morgan fingerprint density at radius 3 is 2.75 bits per heavy atom. The summed E-state index contributed by atoms with van der Waals surface area (Å²) < 4.78 is 6.49.